The van der Waals surface area contributed by atoms with Gasteiger partial charge >= 0.3 is 0 Å². The molecular weight excluding hydrogens is 408 g/mol. The van der Waals surface area contributed by atoms with Crippen molar-refractivity contribution in [3.8, 4) is 0 Å². The second-order valence-electron chi connectivity index (χ2n) is 7.35. The van der Waals surface area contributed by atoms with Gasteiger partial charge in [-0.05, 0) is 50.1 Å². The van der Waals surface area contributed by atoms with E-state index in [9.17, 15) is 18.0 Å². The molecule has 6 nitrogen and oxygen atoms in total. The molecule has 0 aromatic heterocycles. The third kappa shape index (κ3) is 4.64. The molecule has 154 valence electrons. The Balaban J connectivity index is 1.76. The number of fused-ring (bicyclic) bond motifs is 1. The highest BCUT2D eigenvalue weighted by Crippen LogP contribution is 2.37. The summed E-state index contributed by atoms with van der Waals surface area (Å²) < 4.78 is 25.7. The fraction of sp³-hybridized carbons (Fsp3) is 0.333. The summed E-state index contributed by atoms with van der Waals surface area (Å²) in [5.74, 6) is -1.56. The number of carbonyl (C=O) groups excluding carboxylic acids is 2. The molecule has 8 heteroatoms. The zero-order valence-corrected chi connectivity index (χ0v) is 18.4. The van der Waals surface area contributed by atoms with Gasteiger partial charge in [0.2, 0.25) is 11.8 Å². The molecule has 29 heavy (non-hydrogen) atoms. The van der Waals surface area contributed by atoms with Crippen LogP contribution in [0.2, 0.25) is 0 Å². The van der Waals surface area contributed by atoms with Gasteiger partial charge in [-0.25, -0.2) is 8.42 Å². The molecule has 1 aliphatic heterocycles. The Bertz CT molecular complexity index is 1060. The van der Waals surface area contributed by atoms with Crippen LogP contribution in [0, 0.1) is 19.8 Å². The lowest BCUT2D eigenvalue weighted by molar-refractivity contribution is -0.119. The first-order valence-electron chi connectivity index (χ1n) is 9.30. The van der Waals surface area contributed by atoms with Crippen LogP contribution in [-0.4, -0.2) is 31.2 Å². The predicted octanol–water partition coefficient (Wildman–Crippen LogP) is 3.78. The van der Waals surface area contributed by atoms with Crippen LogP contribution in [0.5, 0.6) is 0 Å². The molecule has 0 saturated carbocycles. The van der Waals surface area contributed by atoms with Gasteiger partial charge in [0, 0.05) is 16.5 Å². The number of amides is 2. The van der Waals surface area contributed by atoms with Crippen LogP contribution in [0.25, 0.3) is 0 Å². The molecule has 0 unspecified atom stereocenters. The Morgan fingerprint density at radius 2 is 1.86 bits per heavy atom. The first kappa shape index (κ1) is 21.4. The van der Waals surface area contributed by atoms with E-state index in [1.165, 1.54) is 23.9 Å². The van der Waals surface area contributed by atoms with Crippen molar-refractivity contribution in [2.45, 2.75) is 42.7 Å². The first-order valence-corrected chi connectivity index (χ1v) is 11.8. The highest BCUT2D eigenvalue weighted by Gasteiger charge is 2.27. The van der Waals surface area contributed by atoms with E-state index in [4.69, 9.17) is 0 Å². The van der Waals surface area contributed by atoms with E-state index in [2.05, 4.69) is 10.6 Å². The minimum Gasteiger partial charge on any atom is -0.325 e. The number of hydrogen-bond acceptors (Lipinski definition) is 5. The standard InChI is InChI=1S/C21H24N2O4S2/c1-12-6-5-7-13(2)19(12)23-20(24)14(3)11-29(26,27)16-8-9-18-17(10-16)22-21(25)15(4)28-18/h5-10,14-15H,11H2,1-4H3,(H,22,25)(H,23,24)/t14-,15+/m0/s1. The fourth-order valence-electron chi connectivity index (χ4n) is 3.14. The van der Waals surface area contributed by atoms with Gasteiger partial charge in [-0.1, -0.05) is 25.1 Å². The van der Waals surface area contributed by atoms with Gasteiger partial charge in [-0.2, -0.15) is 0 Å². The monoisotopic (exact) mass is 432 g/mol. The molecule has 1 heterocycles. The van der Waals surface area contributed by atoms with Gasteiger partial charge < -0.3 is 10.6 Å². The number of para-hydroxylation sites is 1. The Morgan fingerprint density at radius 1 is 1.21 bits per heavy atom. The molecule has 0 spiro atoms. The summed E-state index contributed by atoms with van der Waals surface area (Å²) in [6, 6.07) is 10.4. The molecule has 2 amide bonds. The maximum atomic E-state index is 12.9. The largest absolute Gasteiger partial charge is 0.325 e. The van der Waals surface area contributed by atoms with Crippen LogP contribution in [0.1, 0.15) is 25.0 Å². The van der Waals surface area contributed by atoms with Crippen LogP contribution in [0.3, 0.4) is 0 Å². The molecule has 0 fully saturated rings. The molecule has 0 bridgehead atoms. The number of hydrogen-bond donors (Lipinski definition) is 2. The van der Waals surface area contributed by atoms with E-state index in [-0.39, 0.29) is 27.7 Å². The highest BCUT2D eigenvalue weighted by molar-refractivity contribution is 8.01. The quantitative estimate of drug-likeness (QED) is 0.750. The third-order valence-electron chi connectivity index (χ3n) is 4.89. The Morgan fingerprint density at radius 3 is 2.52 bits per heavy atom. The summed E-state index contributed by atoms with van der Waals surface area (Å²) >= 11 is 1.39. The third-order valence-corrected chi connectivity index (χ3v) is 7.98. The molecule has 2 atom stereocenters. The molecule has 1 aliphatic rings. The molecule has 0 saturated heterocycles. The smallest absolute Gasteiger partial charge is 0.237 e. The summed E-state index contributed by atoms with van der Waals surface area (Å²) in [6.45, 7) is 7.18. The van der Waals surface area contributed by atoms with Crippen molar-refractivity contribution in [1.82, 2.24) is 0 Å². The maximum Gasteiger partial charge on any atom is 0.237 e. The van der Waals surface area contributed by atoms with Crippen LogP contribution in [0.15, 0.2) is 46.2 Å². The number of rotatable bonds is 5. The zero-order valence-electron chi connectivity index (χ0n) is 16.8. The second-order valence-corrected chi connectivity index (χ2v) is 10.8. The number of benzene rings is 2. The highest BCUT2D eigenvalue weighted by atomic mass is 32.2. The van der Waals surface area contributed by atoms with Crippen molar-refractivity contribution in [3.63, 3.8) is 0 Å². The topological polar surface area (TPSA) is 92.3 Å². The Hall–Kier alpha value is -2.32. The summed E-state index contributed by atoms with van der Waals surface area (Å²) in [4.78, 5) is 25.4. The van der Waals surface area contributed by atoms with Gasteiger partial charge in [0.1, 0.15) is 0 Å². The van der Waals surface area contributed by atoms with Crippen LogP contribution < -0.4 is 10.6 Å². The maximum absolute atomic E-state index is 12.9. The first-order chi connectivity index (χ1) is 13.6. The zero-order chi connectivity index (χ0) is 21.3. The lowest BCUT2D eigenvalue weighted by Crippen LogP contribution is -2.28. The minimum atomic E-state index is -3.70. The van der Waals surface area contributed by atoms with E-state index in [1.54, 1.807) is 19.9 Å². The Kier molecular flexibility index (Phi) is 6.05. The average molecular weight is 433 g/mol. The van der Waals surface area contributed by atoms with Crippen molar-refractivity contribution in [2.75, 3.05) is 16.4 Å². The molecule has 0 aliphatic carbocycles. The van der Waals surface area contributed by atoms with Crippen molar-refractivity contribution < 1.29 is 18.0 Å². The summed E-state index contributed by atoms with van der Waals surface area (Å²) in [5.41, 5.74) is 3.05. The van der Waals surface area contributed by atoms with Crippen molar-refractivity contribution in [3.05, 3.63) is 47.5 Å². The average Bonchev–Trinajstić information content (AvgIpc) is 2.64. The number of sulfone groups is 1. The number of nitrogens with one attached hydrogen (secondary N) is 2. The van der Waals surface area contributed by atoms with Crippen LogP contribution in [0.4, 0.5) is 11.4 Å². The molecule has 3 rings (SSSR count). The second kappa shape index (κ2) is 8.20. The van der Waals surface area contributed by atoms with E-state index < -0.39 is 15.8 Å². The van der Waals surface area contributed by atoms with Crippen LogP contribution in [-0.2, 0) is 19.4 Å². The fourth-order valence-corrected chi connectivity index (χ4v) is 5.65. The summed E-state index contributed by atoms with van der Waals surface area (Å²) in [5, 5.41) is 5.37. The number of anilines is 2. The lowest BCUT2D eigenvalue weighted by Gasteiger charge is -2.22. The van der Waals surface area contributed by atoms with E-state index >= 15 is 0 Å². The van der Waals surface area contributed by atoms with Gasteiger partial charge in [0.25, 0.3) is 0 Å². The van der Waals surface area contributed by atoms with Gasteiger partial charge in [-0.15, -0.1) is 11.8 Å². The van der Waals surface area contributed by atoms with E-state index in [0.717, 1.165) is 16.0 Å². The molecular formula is C21H24N2O4S2. The van der Waals surface area contributed by atoms with Crippen molar-refractivity contribution in [2.24, 2.45) is 5.92 Å². The number of carbonyl (C=O) groups is 2. The molecule has 0 radical (unpaired) electrons. The van der Waals surface area contributed by atoms with E-state index in [0.29, 0.717) is 11.4 Å². The minimum absolute atomic E-state index is 0.0958. The normalized spacial score (nSPS) is 17.2. The number of thioether (sulfide) groups is 1. The van der Waals surface area contributed by atoms with Gasteiger partial charge in [0.05, 0.1) is 21.6 Å². The van der Waals surface area contributed by atoms with Gasteiger partial charge in [-0.3, -0.25) is 9.59 Å². The molecule has 2 aromatic rings. The van der Waals surface area contributed by atoms with Crippen LogP contribution >= 0.6 is 11.8 Å². The lowest BCUT2D eigenvalue weighted by atomic mass is 10.1. The predicted molar refractivity (Wildman–Crippen MR) is 116 cm³/mol. The van der Waals surface area contributed by atoms with Gasteiger partial charge in [0.15, 0.2) is 9.84 Å². The summed E-state index contributed by atoms with van der Waals surface area (Å²) in [6.07, 6.45) is 0. The SMILES string of the molecule is Cc1cccc(C)c1NC(=O)[C@@H](C)CS(=O)(=O)c1ccc2c(c1)NC(=O)[C@@H](C)S2. The molecule has 2 N–H and O–H groups in total. The van der Waals surface area contributed by atoms with Crippen molar-refractivity contribution in [1.29, 1.82) is 0 Å². The summed E-state index contributed by atoms with van der Waals surface area (Å²) in [7, 11) is -3.70. The molecule has 2 aromatic carbocycles. The van der Waals surface area contributed by atoms with Crippen molar-refractivity contribution >= 4 is 44.8 Å². The Labute approximate surface area is 175 Å². The van der Waals surface area contributed by atoms with E-state index in [1.807, 2.05) is 32.0 Å². The number of aryl methyl sites for hydroxylation is 2.